The van der Waals surface area contributed by atoms with Crippen LogP contribution in [-0.2, 0) is 16.5 Å². The molecule has 4 atom stereocenters. The zero-order valence-electron chi connectivity index (χ0n) is 19.8. The number of pyridine rings is 1. The summed E-state index contributed by atoms with van der Waals surface area (Å²) in [6.07, 6.45) is 2.53. The van der Waals surface area contributed by atoms with Crippen LogP contribution in [-0.4, -0.2) is 67.7 Å². The number of fused-ring (bicyclic) bond motifs is 2. The van der Waals surface area contributed by atoms with Gasteiger partial charge in [-0.25, -0.2) is 4.98 Å². The molecule has 0 saturated carbocycles. The molecule has 2 aliphatic heterocycles. The van der Waals surface area contributed by atoms with Gasteiger partial charge in [-0.3, -0.25) is 9.48 Å². The van der Waals surface area contributed by atoms with Crippen LogP contribution in [0.3, 0.4) is 0 Å². The molecular formula is C26H27N5O4. The van der Waals surface area contributed by atoms with Crippen LogP contribution in [0.2, 0.25) is 0 Å². The molecule has 3 aromatic heterocycles. The molecule has 0 spiro atoms. The van der Waals surface area contributed by atoms with Crippen molar-refractivity contribution >= 4 is 11.6 Å². The van der Waals surface area contributed by atoms with E-state index in [0.29, 0.717) is 17.8 Å². The summed E-state index contributed by atoms with van der Waals surface area (Å²) in [6, 6.07) is 11.5. The molecule has 2 fully saturated rings. The zero-order chi connectivity index (χ0) is 24.3. The summed E-state index contributed by atoms with van der Waals surface area (Å²) in [4.78, 5) is 17.9. The highest BCUT2D eigenvalue weighted by Gasteiger charge is 2.47. The molecule has 5 heterocycles. The van der Waals surface area contributed by atoms with Gasteiger partial charge in [0.25, 0.3) is 5.91 Å². The van der Waals surface area contributed by atoms with Gasteiger partial charge in [-0.2, -0.15) is 5.10 Å². The molecule has 6 rings (SSSR count). The minimum absolute atomic E-state index is 0.222. The minimum atomic E-state index is -0.650. The molecule has 1 aromatic carbocycles. The Bertz CT molecular complexity index is 1440. The molecule has 180 valence electrons. The number of amides is 1. The number of carbonyl (C=O) groups excluding carboxylic acids is 1. The number of nitrogens with zero attached hydrogens (tertiary/aromatic N) is 4. The second kappa shape index (κ2) is 8.30. The third kappa shape index (κ3) is 3.63. The van der Waals surface area contributed by atoms with Gasteiger partial charge in [-0.1, -0.05) is 24.3 Å². The van der Waals surface area contributed by atoms with Crippen molar-refractivity contribution in [3.63, 3.8) is 0 Å². The summed E-state index contributed by atoms with van der Waals surface area (Å²) in [5.41, 5.74) is 7.15. The Morgan fingerprint density at radius 2 is 1.86 bits per heavy atom. The van der Waals surface area contributed by atoms with Gasteiger partial charge in [-0.15, -0.1) is 0 Å². The SMILES string of the molecule is Cc1nn(C)cc1-c1ccccc1-c1nc2cc(C(=O)N[C@H]3CO[C@H]4[C@@H]3OC[C@H]4O)ccn2c1C. The Morgan fingerprint density at radius 3 is 2.63 bits per heavy atom. The highest BCUT2D eigenvalue weighted by molar-refractivity contribution is 5.95. The van der Waals surface area contributed by atoms with E-state index in [-0.39, 0.29) is 30.8 Å². The van der Waals surface area contributed by atoms with Gasteiger partial charge in [0.15, 0.2) is 0 Å². The first-order valence-electron chi connectivity index (χ1n) is 11.7. The quantitative estimate of drug-likeness (QED) is 0.472. The molecule has 0 unspecified atom stereocenters. The summed E-state index contributed by atoms with van der Waals surface area (Å²) >= 11 is 0. The van der Waals surface area contributed by atoms with Crippen LogP contribution >= 0.6 is 0 Å². The number of rotatable bonds is 4. The highest BCUT2D eigenvalue weighted by Crippen LogP contribution is 2.35. The Kier molecular flexibility index (Phi) is 5.21. The maximum atomic E-state index is 13.0. The molecule has 9 nitrogen and oxygen atoms in total. The lowest BCUT2D eigenvalue weighted by Gasteiger charge is -2.17. The summed E-state index contributed by atoms with van der Waals surface area (Å²) in [5, 5.41) is 17.4. The van der Waals surface area contributed by atoms with Crippen molar-refractivity contribution in [1.82, 2.24) is 24.5 Å². The third-order valence-electron chi connectivity index (χ3n) is 6.96. The van der Waals surface area contributed by atoms with E-state index in [0.717, 1.165) is 33.8 Å². The summed E-state index contributed by atoms with van der Waals surface area (Å²) in [5.74, 6) is -0.222. The normalized spacial score (nSPS) is 23.7. The first kappa shape index (κ1) is 22.0. The number of ether oxygens (including phenoxy) is 2. The van der Waals surface area contributed by atoms with Crippen LogP contribution in [0, 0.1) is 13.8 Å². The van der Waals surface area contributed by atoms with Crippen LogP contribution in [0.15, 0.2) is 48.8 Å². The smallest absolute Gasteiger partial charge is 0.251 e. The third-order valence-corrected chi connectivity index (χ3v) is 6.96. The average Bonchev–Trinajstić information content (AvgIpc) is 3.59. The maximum Gasteiger partial charge on any atom is 0.251 e. The number of hydrogen-bond donors (Lipinski definition) is 2. The topological polar surface area (TPSA) is 103 Å². The Balaban J connectivity index is 1.32. The molecule has 4 aromatic rings. The molecule has 1 amide bonds. The van der Waals surface area contributed by atoms with Gasteiger partial charge in [0.1, 0.15) is 24.0 Å². The summed E-state index contributed by atoms with van der Waals surface area (Å²) in [6.45, 7) is 4.57. The predicted molar refractivity (Wildman–Crippen MR) is 129 cm³/mol. The van der Waals surface area contributed by atoms with E-state index in [1.165, 1.54) is 0 Å². The van der Waals surface area contributed by atoms with E-state index in [9.17, 15) is 9.90 Å². The van der Waals surface area contributed by atoms with Crippen molar-refractivity contribution in [2.45, 2.75) is 38.2 Å². The first-order valence-corrected chi connectivity index (χ1v) is 11.7. The van der Waals surface area contributed by atoms with Gasteiger partial charge in [0, 0.05) is 41.8 Å². The fourth-order valence-corrected chi connectivity index (χ4v) is 5.21. The van der Waals surface area contributed by atoms with Gasteiger partial charge < -0.3 is 24.3 Å². The van der Waals surface area contributed by atoms with Crippen LogP contribution in [0.25, 0.3) is 28.0 Å². The van der Waals surface area contributed by atoms with E-state index < -0.39 is 6.10 Å². The van der Waals surface area contributed by atoms with E-state index in [1.54, 1.807) is 12.1 Å². The highest BCUT2D eigenvalue weighted by atomic mass is 16.6. The molecule has 2 saturated heterocycles. The second-order valence-corrected chi connectivity index (χ2v) is 9.28. The second-order valence-electron chi connectivity index (χ2n) is 9.28. The van der Waals surface area contributed by atoms with Crippen molar-refractivity contribution in [3.05, 3.63) is 65.7 Å². The Hall–Kier alpha value is -3.53. The van der Waals surface area contributed by atoms with Crippen molar-refractivity contribution in [2.24, 2.45) is 7.05 Å². The molecule has 35 heavy (non-hydrogen) atoms. The van der Waals surface area contributed by atoms with Crippen LogP contribution in [0.5, 0.6) is 0 Å². The van der Waals surface area contributed by atoms with Crippen molar-refractivity contribution < 1.29 is 19.4 Å². The van der Waals surface area contributed by atoms with Gasteiger partial charge in [-0.05, 0) is 31.5 Å². The lowest BCUT2D eigenvalue weighted by Crippen LogP contribution is -2.44. The molecule has 0 bridgehead atoms. The van der Waals surface area contributed by atoms with Crippen molar-refractivity contribution in [3.8, 4) is 22.4 Å². The van der Waals surface area contributed by atoms with Crippen molar-refractivity contribution in [2.75, 3.05) is 13.2 Å². The fourth-order valence-electron chi connectivity index (χ4n) is 5.21. The number of hydrogen-bond acceptors (Lipinski definition) is 6. The number of benzene rings is 1. The number of aliphatic hydroxyl groups is 1. The van der Waals surface area contributed by atoms with Crippen LogP contribution < -0.4 is 5.32 Å². The van der Waals surface area contributed by atoms with Gasteiger partial charge in [0.05, 0.1) is 30.6 Å². The van der Waals surface area contributed by atoms with Gasteiger partial charge >= 0.3 is 0 Å². The minimum Gasteiger partial charge on any atom is -0.388 e. The fraction of sp³-hybridized carbons (Fsp3) is 0.346. The number of aryl methyl sites for hydroxylation is 3. The lowest BCUT2D eigenvalue weighted by molar-refractivity contribution is 0.0178. The standard InChI is InChI=1S/C26H27N5O4/c1-14-19(11-30(3)29-14)17-6-4-5-7-18(17)23-15(2)31-9-8-16(10-22(31)28-23)26(33)27-20-12-34-25-21(32)13-35-24(20)25/h4-11,20-21,24-25,32H,12-13H2,1-3H3,(H,27,33)/t20-,21+,24+,25+/m0/s1. The molecule has 2 aliphatic rings. The maximum absolute atomic E-state index is 13.0. The largest absolute Gasteiger partial charge is 0.388 e. The molecule has 0 aliphatic carbocycles. The lowest BCUT2D eigenvalue weighted by atomic mass is 9.97. The molecule has 9 heteroatoms. The van der Waals surface area contributed by atoms with E-state index in [1.807, 2.05) is 54.5 Å². The molecule has 0 radical (unpaired) electrons. The molecule has 2 N–H and O–H groups in total. The van der Waals surface area contributed by atoms with E-state index >= 15 is 0 Å². The van der Waals surface area contributed by atoms with Gasteiger partial charge in [0.2, 0.25) is 0 Å². The Morgan fingerprint density at radius 1 is 1.09 bits per heavy atom. The monoisotopic (exact) mass is 473 g/mol. The van der Waals surface area contributed by atoms with E-state index in [2.05, 4.69) is 22.5 Å². The molecular weight excluding hydrogens is 446 g/mol. The number of imidazole rings is 1. The summed E-state index contributed by atoms with van der Waals surface area (Å²) < 4.78 is 15.1. The predicted octanol–water partition coefficient (Wildman–Crippen LogP) is 2.28. The number of carbonyl (C=O) groups is 1. The first-order chi connectivity index (χ1) is 16.9. The number of aliphatic hydroxyl groups excluding tert-OH is 1. The summed E-state index contributed by atoms with van der Waals surface area (Å²) in [7, 11) is 1.92. The zero-order valence-corrected chi connectivity index (χ0v) is 19.8. The number of aromatic nitrogens is 4. The van der Waals surface area contributed by atoms with Crippen LogP contribution in [0.1, 0.15) is 21.7 Å². The Labute approximate surface area is 202 Å². The van der Waals surface area contributed by atoms with Crippen LogP contribution in [0.4, 0.5) is 0 Å². The number of nitrogens with one attached hydrogen (secondary N) is 1. The average molecular weight is 474 g/mol. The van der Waals surface area contributed by atoms with Crippen molar-refractivity contribution in [1.29, 1.82) is 0 Å². The van der Waals surface area contributed by atoms with E-state index in [4.69, 9.17) is 14.5 Å².